The van der Waals surface area contributed by atoms with Gasteiger partial charge in [-0.05, 0) is 74.7 Å². The number of rotatable bonds is 6. The number of carbonyl (C=O) groups is 2. The van der Waals surface area contributed by atoms with Crippen molar-refractivity contribution in [1.29, 1.82) is 0 Å². The van der Waals surface area contributed by atoms with E-state index >= 15 is 0 Å². The summed E-state index contributed by atoms with van der Waals surface area (Å²) >= 11 is 0. The van der Waals surface area contributed by atoms with Crippen LogP contribution in [0.1, 0.15) is 51.9 Å². The van der Waals surface area contributed by atoms with E-state index < -0.39 is 16.9 Å². The van der Waals surface area contributed by atoms with Gasteiger partial charge in [0, 0.05) is 17.8 Å². The van der Waals surface area contributed by atoms with Gasteiger partial charge in [0.2, 0.25) is 0 Å². The summed E-state index contributed by atoms with van der Waals surface area (Å²) < 4.78 is 5.42. The number of amides is 1. The summed E-state index contributed by atoms with van der Waals surface area (Å²) in [4.78, 5) is 35.2. The highest BCUT2D eigenvalue weighted by molar-refractivity contribution is 5.95. The Hall–Kier alpha value is -2.44. The lowest BCUT2D eigenvalue weighted by Crippen LogP contribution is -2.47. The first kappa shape index (κ1) is 18.9. The van der Waals surface area contributed by atoms with E-state index in [2.05, 4.69) is 5.32 Å². The number of ether oxygens (including phenoxy) is 1. The quantitative estimate of drug-likeness (QED) is 0.451. The Kier molecular flexibility index (Phi) is 4.85. The molecule has 4 aliphatic rings. The Morgan fingerprint density at radius 3 is 2.39 bits per heavy atom. The molecule has 1 amide bonds. The molecular formula is C21H26N2O5. The average molecular weight is 386 g/mol. The lowest BCUT2D eigenvalue weighted by molar-refractivity contribution is -0.384. The molecule has 7 heteroatoms. The van der Waals surface area contributed by atoms with E-state index in [1.54, 1.807) is 6.07 Å². The normalized spacial score (nSPS) is 31.2. The smallest absolute Gasteiger partial charge is 0.307 e. The van der Waals surface area contributed by atoms with Crippen LogP contribution < -0.4 is 5.32 Å². The Morgan fingerprint density at radius 1 is 1.21 bits per heavy atom. The summed E-state index contributed by atoms with van der Waals surface area (Å²) in [6.45, 7) is 1.53. The van der Waals surface area contributed by atoms with Gasteiger partial charge in [0.1, 0.15) is 0 Å². The van der Waals surface area contributed by atoms with Crippen molar-refractivity contribution in [2.75, 3.05) is 5.32 Å². The topological polar surface area (TPSA) is 98.5 Å². The fraction of sp³-hybridized carbons (Fsp3) is 0.619. The highest BCUT2D eigenvalue weighted by Gasteiger charge is 2.51. The van der Waals surface area contributed by atoms with Crippen LogP contribution in [0.2, 0.25) is 0 Å². The van der Waals surface area contributed by atoms with Crippen molar-refractivity contribution >= 4 is 23.3 Å². The number of esters is 1. The molecule has 0 aromatic heterocycles. The molecule has 4 bridgehead atoms. The number of benzene rings is 1. The van der Waals surface area contributed by atoms with Gasteiger partial charge >= 0.3 is 5.97 Å². The van der Waals surface area contributed by atoms with Gasteiger partial charge in [-0.25, -0.2) is 0 Å². The molecule has 28 heavy (non-hydrogen) atoms. The maximum atomic E-state index is 12.5. The maximum absolute atomic E-state index is 12.5. The lowest BCUT2D eigenvalue weighted by Gasteiger charge is -2.56. The zero-order chi connectivity index (χ0) is 19.9. The molecule has 4 fully saturated rings. The van der Waals surface area contributed by atoms with Crippen LogP contribution in [0.4, 0.5) is 11.4 Å². The standard InChI is InChI=1S/C21H26N2O5/c1-13(20(25)22-17-3-2-4-18(8-17)23(26)27)28-19(24)12-21-9-14-5-15(10-21)7-16(6-14)11-21/h2-4,8,13-16H,5-7,9-12H2,1H3,(H,22,25). The predicted molar refractivity (Wildman–Crippen MR) is 103 cm³/mol. The molecule has 1 aromatic carbocycles. The van der Waals surface area contributed by atoms with Crippen molar-refractivity contribution in [3.05, 3.63) is 34.4 Å². The number of anilines is 1. The third-order valence-corrected chi connectivity index (χ3v) is 6.69. The largest absolute Gasteiger partial charge is 0.453 e. The fourth-order valence-corrected chi connectivity index (χ4v) is 6.05. The van der Waals surface area contributed by atoms with Crippen LogP contribution in [0.5, 0.6) is 0 Å². The first-order chi connectivity index (χ1) is 13.3. The Morgan fingerprint density at radius 2 is 1.82 bits per heavy atom. The summed E-state index contributed by atoms with van der Waals surface area (Å²) in [6, 6.07) is 5.69. The van der Waals surface area contributed by atoms with E-state index in [0.717, 1.165) is 37.0 Å². The number of non-ortho nitro benzene ring substituents is 1. The van der Waals surface area contributed by atoms with Crippen molar-refractivity contribution in [2.24, 2.45) is 23.2 Å². The molecule has 7 nitrogen and oxygen atoms in total. The van der Waals surface area contributed by atoms with Crippen molar-refractivity contribution in [3.63, 3.8) is 0 Å². The molecule has 1 unspecified atom stereocenters. The van der Waals surface area contributed by atoms with Gasteiger partial charge in [-0.1, -0.05) is 6.07 Å². The van der Waals surface area contributed by atoms with Gasteiger partial charge in [-0.15, -0.1) is 0 Å². The summed E-state index contributed by atoms with van der Waals surface area (Å²) in [5, 5.41) is 13.4. The Balaban J connectivity index is 1.32. The van der Waals surface area contributed by atoms with E-state index in [4.69, 9.17) is 4.74 Å². The van der Waals surface area contributed by atoms with Crippen molar-refractivity contribution in [2.45, 2.75) is 58.0 Å². The summed E-state index contributed by atoms with van der Waals surface area (Å²) in [5.74, 6) is 1.47. The zero-order valence-electron chi connectivity index (χ0n) is 16.1. The molecule has 0 saturated heterocycles. The highest BCUT2D eigenvalue weighted by atomic mass is 16.6. The van der Waals surface area contributed by atoms with E-state index in [9.17, 15) is 19.7 Å². The van der Waals surface area contributed by atoms with Crippen LogP contribution in [-0.2, 0) is 14.3 Å². The molecule has 0 aliphatic heterocycles. The third kappa shape index (κ3) is 3.88. The number of hydrogen-bond donors (Lipinski definition) is 1. The molecule has 0 radical (unpaired) electrons. The van der Waals surface area contributed by atoms with Crippen LogP contribution in [0.3, 0.4) is 0 Å². The SMILES string of the molecule is CC(OC(=O)CC12CC3CC(CC(C3)C1)C2)C(=O)Nc1cccc([N+](=O)[O-])c1. The second-order valence-corrected chi connectivity index (χ2v) is 9.02. The van der Waals surface area contributed by atoms with E-state index in [1.165, 1.54) is 44.4 Å². The summed E-state index contributed by atoms with van der Waals surface area (Å²) in [6.07, 6.45) is 6.74. The molecule has 4 aliphatic carbocycles. The first-order valence-corrected chi connectivity index (χ1v) is 10.1. The van der Waals surface area contributed by atoms with Crippen LogP contribution in [0.25, 0.3) is 0 Å². The number of hydrogen-bond acceptors (Lipinski definition) is 5. The summed E-state index contributed by atoms with van der Waals surface area (Å²) in [7, 11) is 0. The molecule has 0 spiro atoms. The van der Waals surface area contributed by atoms with Gasteiger partial charge in [0.25, 0.3) is 11.6 Å². The number of nitro benzene ring substituents is 1. The van der Waals surface area contributed by atoms with Crippen LogP contribution in [-0.4, -0.2) is 22.9 Å². The van der Waals surface area contributed by atoms with Crippen LogP contribution in [0.15, 0.2) is 24.3 Å². The molecule has 4 saturated carbocycles. The number of nitrogens with zero attached hydrogens (tertiary/aromatic N) is 1. The summed E-state index contributed by atoms with van der Waals surface area (Å²) in [5.41, 5.74) is 0.273. The molecule has 5 rings (SSSR count). The minimum atomic E-state index is -0.944. The minimum Gasteiger partial charge on any atom is -0.453 e. The van der Waals surface area contributed by atoms with Crippen molar-refractivity contribution in [1.82, 2.24) is 0 Å². The lowest BCUT2D eigenvalue weighted by atomic mass is 9.49. The van der Waals surface area contributed by atoms with Crippen molar-refractivity contribution in [3.8, 4) is 0 Å². The number of nitro groups is 1. The number of carbonyl (C=O) groups excluding carboxylic acids is 2. The van der Waals surface area contributed by atoms with Gasteiger partial charge in [-0.2, -0.15) is 0 Å². The monoisotopic (exact) mass is 386 g/mol. The zero-order valence-corrected chi connectivity index (χ0v) is 16.1. The van der Waals surface area contributed by atoms with Crippen LogP contribution >= 0.6 is 0 Å². The molecule has 1 atom stereocenters. The third-order valence-electron chi connectivity index (χ3n) is 6.69. The van der Waals surface area contributed by atoms with E-state index in [0.29, 0.717) is 12.1 Å². The van der Waals surface area contributed by atoms with Gasteiger partial charge < -0.3 is 10.1 Å². The second kappa shape index (κ2) is 7.18. The first-order valence-electron chi connectivity index (χ1n) is 10.1. The van der Waals surface area contributed by atoms with Gasteiger partial charge in [0.05, 0.1) is 11.3 Å². The van der Waals surface area contributed by atoms with E-state index in [-0.39, 0.29) is 17.1 Å². The average Bonchev–Trinajstić information content (AvgIpc) is 2.60. The van der Waals surface area contributed by atoms with Gasteiger partial charge in [-0.3, -0.25) is 19.7 Å². The number of nitrogens with one attached hydrogen (secondary N) is 1. The van der Waals surface area contributed by atoms with Gasteiger partial charge in [0.15, 0.2) is 6.10 Å². The highest BCUT2D eigenvalue weighted by Crippen LogP contribution is 2.61. The second-order valence-electron chi connectivity index (χ2n) is 9.02. The fourth-order valence-electron chi connectivity index (χ4n) is 6.05. The van der Waals surface area contributed by atoms with Crippen molar-refractivity contribution < 1.29 is 19.2 Å². The van der Waals surface area contributed by atoms with Crippen LogP contribution in [0, 0.1) is 33.3 Å². The minimum absolute atomic E-state index is 0.0715. The molecular weight excluding hydrogens is 360 g/mol. The maximum Gasteiger partial charge on any atom is 0.307 e. The molecule has 150 valence electrons. The molecule has 1 aromatic rings. The molecule has 1 N–H and O–H groups in total. The Labute approximate surface area is 164 Å². The predicted octanol–water partition coefficient (Wildman–Crippen LogP) is 4.07. The Bertz CT molecular complexity index is 770. The molecule has 0 heterocycles. The van der Waals surface area contributed by atoms with E-state index in [1.807, 2.05) is 0 Å².